The molecule has 2 heteroatoms. The molecule has 19 heavy (non-hydrogen) atoms. The molecule has 2 atom stereocenters. The molecular weight excluding hydrogens is 236 g/mol. The molecule has 1 aliphatic carbocycles. The van der Waals surface area contributed by atoms with Gasteiger partial charge in [-0.25, -0.2) is 0 Å². The monoisotopic (exact) mass is 270 g/mol. The topological polar surface area (TPSA) is 40.5 Å². The average molecular weight is 270 g/mol. The summed E-state index contributed by atoms with van der Waals surface area (Å²) in [6.45, 7) is 2.26. The first kappa shape index (κ1) is 17.0. The Morgan fingerprint density at radius 2 is 1.26 bits per heavy atom. The highest BCUT2D eigenvalue weighted by Crippen LogP contribution is 2.34. The van der Waals surface area contributed by atoms with Crippen LogP contribution in [0.5, 0.6) is 0 Å². The van der Waals surface area contributed by atoms with Crippen LogP contribution in [0.1, 0.15) is 90.4 Å². The van der Waals surface area contributed by atoms with Crippen molar-refractivity contribution in [3.05, 3.63) is 0 Å². The molecule has 0 amide bonds. The van der Waals surface area contributed by atoms with Crippen LogP contribution in [0.25, 0.3) is 0 Å². The maximum atomic E-state index is 9.80. The Balaban J connectivity index is 1.78. The number of aliphatic hydroxyl groups excluding tert-OH is 2. The molecule has 1 aliphatic rings. The van der Waals surface area contributed by atoms with E-state index in [0.717, 1.165) is 25.7 Å². The fraction of sp³-hybridized carbons (Fsp3) is 1.00. The van der Waals surface area contributed by atoms with E-state index in [1.165, 1.54) is 57.8 Å². The summed E-state index contributed by atoms with van der Waals surface area (Å²) in [5, 5.41) is 19.6. The molecule has 1 fully saturated rings. The molecule has 114 valence electrons. The first-order valence-corrected chi connectivity index (χ1v) is 8.61. The maximum absolute atomic E-state index is 9.80. The van der Waals surface area contributed by atoms with Crippen LogP contribution in [0.3, 0.4) is 0 Å². The Bertz CT molecular complexity index is 201. The van der Waals surface area contributed by atoms with Gasteiger partial charge in [-0.1, -0.05) is 71.1 Å². The van der Waals surface area contributed by atoms with Crippen molar-refractivity contribution in [2.24, 2.45) is 5.92 Å². The number of hydrogen-bond donors (Lipinski definition) is 2. The summed E-state index contributed by atoms with van der Waals surface area (Å²) in [7, 11) is 0. The van der Waals surface area contributed by atoms with Crippen LogP contribution >= 0.6 is 0 Å². The van der Waals surface area contributed by atoms with E-state index in [1.807, 2.05) is 0 Å². The van der Waals surface area contributed by atoms with Gasteiger partial charge in [0.15, 0.2) is 0 Å². The van der Waals surface area contributed by atoms with Crippen LogP contribution < -0.4 is 0 Å². The summed E-state index contributed by atoms with van der Waals surface area (Å²) in [4.78, 5) is 0. The predicted molar refractivity (Wildman–Crippen MR) is 81.2 cm³/mol. The van der Waals surface area contributed by atoms with E-state index in [1.54, 1.807) is 0 Å². The van der Waals surface area contributed by atoms with E-state index in [-0.39, 0.29) is 0 Å². The number of aliphatic hydroxyl groups is 2. The maximum Gasteiger partial charge on any atom is 0.0827 e. The van der Waals surface area contributed by atoms with E-state index in [0.29, 0.717) is 5.92 Å². The SMILES string of the molecule is CCCCCCCCCCCCC(O)C(O)C1CC1. The Morgan fingerprint density at radius 1 is 0.789 bits per heavy atom. The molecule has 0 heterocycles. The van der Waals surface area contributed by atoms with Gasteiger partial charge < -0.3 is 10.2 Å². The molecule has 1 saturated carbocycles. The zero-order chi connectivity index (χ0) is 13.9. The van der Waals surface area contributed by atoms with Gasteiger partial charge in [0.25, 0.3) is 0 Å². The van der Waals surface area contributed by atoms with Gasteiger partial charge in [-0.05, 0) is 25.2 Å². The smallest absolute Gasteiger partial charge is 0.0827 e. The van der Waals surface area contributed by atoms with E-state index in [2.05, 4.69) is 6.92 Å². The highest BCUT2D eigenvalue weighted by atomic mass is 16.3. The average Bonchev–Trinajstić information content (AvgIpc) is 3.24. The standard InChI is InChI=1S/C17H34O2/c1-2-3-4-5-6-7-8-9-10-11-12-16(18)17(19)15-13-14-15/h15-19H,2-14H2,1H3. The lowest BCUT2D eigenvalue weighted by molar-refractivity contribution is 0.000313. The van der Waals surface area contributed by atoms with Gasteiger partial charge in [0.2, 0.25) is 0 Å². The zero-order valence-electron chi connectivity index (χ0n) is 12.8. The van der Waals surface area contributed by atoms with Crippen molar-refractivity contribution in [2.45, 2.75) is 103 Å². The van der Waals surface area contributed by atoms with E-state index in [9.17, 15) is 10.2 Å². The van der Waals surface area contributed by atoms with E-state index < -0.39 is 12.2 Å². The molecule has 2 N–H and O–H groups in total. The summed E-state index contributed by atoms with van der Waals surface area (Å²) in [6.07, 6.45) is 15.3. The number of unbranched alkanes of at least 4 members (excludes halogenated alkanes) is 9. The van der Waals surface area contributed by atoms with Crippen LogP contribution in [-0.4, -0.2) is 22.4 Å². The quantitative estimate of drug-likeness (QED) is 0.486. The first-order chi connectivity index (χ1) is 9.25. The van der Waals surface area contributed by atoms with Crippen molar-refractivity contribution in [2.75, 3.05) is 0 Å². The molecule has 0 aliphatic heterocycles. The van der Waals surface area contributed by atoms with Gasteiger partial charge in [-0.15, -0.1) is 0 Å². The Labute approximate surface area is 119 Å². The Kier molecular flexibility index (Phi) is 9.54. The molecule has 2 unspecified atom stereocenters. The fourth-order valence-corrected chi connectivity index (χ4v) is 2.76. The van der Waals surface area contributed by atoms with Crippen molar-refractivity contribution in [1.82, 2.24) is 0 Å². The minimum Gasteiger partial charge on any atom is -0.390 e. The minimum absolute atomic E-state index is 0.401. The number of rotatable bonds is 13. The van der Waals surface area contributed by atoms with Gasteiger partial charge in [-0.2, -0.15) is 0 Å². The minimum atomic E-state index is -0.471. The molecule has 0 bridgehead atoms. The largest absolute Gasteiger partial charge is 0.390 e. The van der Waals surface area contributed by atoms with Crippen LogP contribution in [0.4, 0.5) is 0 Å². The highest BCUT2D eigenvalue weighted by Gasteiger charge is 2.33. The van der Waals surface area contributed by atoms with Crippen LogP contribution in [0.2, 0.25) is 0 Å². The number of hydrogen-bond acceptors (Lipinski definition) is 2. The summed E-state index contributed by atoms with van der Waals surface area (Å²) < 4.78 is 0. The third kappa shape index (κ3) is 8.65. The lowest BCUT2D eigenvalue weighted by Crippen LogP contribution is -2.27. The summed E-state index contributed by atoms with van der Waals surface area (Å²) in [5.74, 6) is 0.401. The Hall–Kier alpha value is -0.0800. The molecule has 0 aromatic carbocycles. The molecule has 2 nitrogen and oxygen atoms in total. The van der Waals surface area contributed by atoms with Crippen LogP contribution in [-0.2, 0) is 0 Å². The second-order valence-electron chi connectivity index (χ2n) is 6.37. The lowest BCUT2D eigenvalue weighted by atomic mass is 10.0. The first-order valence-electron chi connectivity index (χ1n) is 8.61. The summed E-state index contributed by atoms with van der Waals surface area (Å²) >= 11 is 0. The third-order valence-electron chi connectivity index (χ3n) is 4.35. The van der Waals surface area contributed by atoms with Crippen LogP contribution in [0.15, 0.2) is 0 Å². The molecule has 0 radical (unpaired) electrons. The molecule has 0 spiro atoms. The summed E-state index contributed by atoms with van der Waals surface area (Å²) in [6, 6.07) is 0. The normalized spacial score (nSPS) is 18.5. The lowest BCUT2D eigenvalue weighted by Gasteiger charge is -2.16. The van der Waals surface area contributed by atoms with Gasteiger partial charge >= 0.3 is 0 Å². The van der Waals surface area contributed by atoms with Crippen molar-refractivity contribution in [1.29, 1.82) is 0 Å². The van der Waals surface area contributed by atoms with Crippen molar-refractivity contribution < 1.29 is 10.2 Å². The van der Waals surface area contributed by atoms with Crippen molar-refractivity contribution in [3.8, 4) is 0 Å². The van der Waals surface area contributed by atoms with Gasteiger partial charge in [0.1, 0.15) is 0 Å². The van der Waals surface area contributed by atoms with Gasteiger partial charge in [0, 0.05) is 0 Å². The molecular formula is C17H34O2. The van der Waals surface area contributed by atoms with Crippen molar-refractivity contribution >= 4 is 0 Å². The molecule has 1 rings (SSSR count). The van der Waals surface area contributed by atoms with Crippen LogP contribution in [0, 0.1) is 5.92 Å². The van der Waals surface area contributed by atoms with E-state index in [4.69, 9.17) is 0 Å². The third-order valence-corrected chi connectivity index (χ3v) is 4.35. The second-order valence-corrected chi connectivity index (χ2v) is 6.37. The predicted octanol–water partition coefficient (Wildman–Crippen LogP) is 4.43. The molecule has 0 aromatic heterocycles. The molecule has 0 aromatic rings. The highest BCUT2D eigenvalue weighted by molar-refractivity contribution is 4.85. The second kappa shape index (κ2) is 10.7. The fourth-order valence-electron chi connectivity index (χ4n) is 2.76. The molecule has 0 saturated heterocycles. The summed E-state index contributed by atoms with van der Waals surface area (Å²) in [5.41, 5.74) is 0. The zero-order valence-corrected chi connectivity index (χ0v) is 12.8. The van der Waals surface area contributed by atoms with Gasteiger partial charge in [-0.3, -0.25) is 0 Å². The van der Waals surface area contributed by atoms with Gasteiger partial charge in [0.05, 0.1) is 12.2 Å². The van der Waals surface area contributed by atoms with E-state index >= 15 is 0 Å². The van der Waals surface area contributed by atoms with Crippen molar-refractivity contribution in [3.63, 3.8) is 0 Å². The Morgan fingerprint density at radius 3 is 1.74 bits per heavy atom.